The summed E-state index contributed by atoms with van der Waals surface area (Å²) >= 11 is 6.40. The molecule has 7 rings (SSSR count). The van der Waals surface area contributed by atoms with E-state index in [1.165, 1.54) is 6.07 Å². The monoisotopic (exact) mass is 748 g/mol. The Hall–Kier alpha value is -4.36. The molecule has 1 amide bonds. The van der Waals surface area contributed by atoms with E-state index in [1.54, 1.807) is 22.6 Å². The zero-order chi connectivity index (χ0) is 36.6. The molecule has 3 fully saturated rings. The number of nitrogens with zero attached hydrogens (tertiary/aromatic N) is 7. The second-order valence-electron chi connectivity index (χ2n) is 14.1. The van der Waals surface area contributed by atoms with Crippen molar-refractivity contribution in [2.45, 2.75) is 81.3 Å². The topological polar surface area (TPSA) is 175 Å². The van der Waals surface area contributed by atoms with Gasteiger partial charge in [-0.15, -0.1) is 0 Å². The first-order valence-corrected chi connectivity index (χ1v) is 19.6. The SMILES string of the molecule is Cc1ccc(S(=O)(=O)N2CCC[C@@H](N3CCC[C@@H](Nc4ncc5nc(Nc6c(F)cc(C#N)cc6Cl)n(C6CCC(C(N)=O)CC6)c5n4)C3)C2)cc1. The maximum absolute atomic E-state index is 15.2. The Balaban J connectivity index is 1.11. The van der Waals surface area contributed by atoms with E-state index < -0.39 is 15.8 Å². The molecule has 13 nitrogen and oxygen atoms in total. The lowest BCUT2D eigenvalue weighted by Crippen LogP contribution is -2.54. The Morgan fingerprint density at radius 2 is 1.77 bits per heavy atom. The van der Waals surface area contributed by atoms with Crippen LogP contribution in [0.5, 0.6) is 0 Å². The van der Waals surface area contributed by atoms with Gasteiger partial charge in [0.1, 0.15) is 11.3 Å². The first kappa shape index (κ1) is 36.0. The van der Waals surface area contributed by atoms with Crippen LogP contribution in [0.15, 0.2) is 47.5 Å². The van der Waals surface area contributed by atoms with Crippen molar-refractivity contribution in [3.63, 3.8) is 0 Å². The lowest BCUT2D eigenvalue weighted by atomic mass is 9.85. The van der Waals surface area contributed by atoms with Gasteiger partial charge in [-0.25, -0.2) is 22.8 Å². The third-order valence-electron chi connectivity index (χ3n) is 10.6. The molecule has 0 bridgehead atoms. The second kappa shape index (κ2) is 14.9. The number of anilines is 3. The Kier molecular flexibility index (Phi) is 10.3. The number of nitriles is 1. The molecule has 4 heterocycles. The minimum absolute atomic E-state index is 0.00964. The third kappa shape index (κ3) is 7.43. The summed E-state index contributed by atoms with van der Waals surface area (Å²) in [5.74, 6) is -0.478. The fourth-order valence-corrected chi connectivity index (χ4v) is 9.59. The van der Waals surface area contributed by atoms with Crippen molar-refractivity contribution in [1.82, 2.24) is 28.7 Å². The van der Waals surface area contributed by atoms with E-state index in [2.05, 4.69) is 20.5 Å². The number of nitrogens with one attached hydrogen (secondary N) is 2. The number of carbonyl (C=O) groups is 1. The molecule has 2 saturated heterocycles. The number of fused-ring (bicyclic) bond motifs is 1. The van der Waals surface area contributed by atoms with Gasteiger partial charge in [0, 0.05) is 43.7 Å². The van der Waals surface area contributed by atoms with Crippen molar-refractivity contribution < 1.29 is 17.6 Å². The van der Waals surface area contributed by atoms with E-state index in [0.717, 1.165) is 43.9 Å². The fraction of sp³-hybridized carbons (Fsp3) is 0.472. The summed E-state index contributed by atoms with van der Waals surface area (Å²) in [5.41, 5.74) is 7.77. The molecule has 2 atom stereocenters. The number of carbonyl (C=O) groups excluding carboxylic acids is 1. The number of hydrogen-bond acceptors (Lipinski definition) is 10. The smallest absolute Gasteiger partial charge is 0.243 e. The van der Waals surface area contributed by atoms with E-state index in [1.807, 2.05) is 29.7 Å². The average Bonchev–Trinajstić information content (AvgIpc) is 3.50. The van der Waals surface area contributed by atoms with Crippen LogP contribution in [0.2, 0.25) is 5.02 Å². The summed E-state index contributed by atoms with van der Waals surface area (Å²) < 4.78 is 45.7. The van der Waals surface area contributed by atoms with Gasteiger partial charge in [0.2, 0.25) is 27.8 Å². The Labute approximate surface area is 307 Å². The van der Waals surface area contributed by atoms with Gasteiger partial charge in [0.25, 0.3) is 0 Å². The maximum atomic E-state index is 15.2. The van der Waals surface area contributed by atoms with Crippen LogP contribution in [0, 0.1) is 30.0 Å². The largest absolute Gasteiger partial charge is 0.369 e. The number of hydrogen-bond donors (Lipinski definition) is 3. The number of imidazole rings is 1. The standard InChI is InChI=1S/C36H42ClFN10O3S/c1-22-6-12-28(13-7-22)52(50,51)47-15-3-5-27(21-47)46-14-2-4-25(20-46)42-35-41-19-31-34(45-35)48(26-10-8-24(9-11-26)33(40)49)36(43-31)44-32-29(37)16-23(18-39)17-30(32)38/h6-7,12-13,16-17,19,24-27H,2-5,8-11,14-15,20-21H2,1H3,(H2,40,49)(H,43,44)(H,41,42,45)/t24?,25-,26?,27-/m1/s1. The van der Waals surface area contributed by atoms with E-state index in [0.29, 0.717) is 73.3 Å². The molecule has 1 saturated carbocycles. The number of likely N-dealkylation sites (tertiary alicyclic amines) is 1. The molecule has 0 radical (unpaired) electrons. The Morgan fingerprint density at radius 1 is 1.02 bits per heavy atom. The highest BCUT2D eigenvalue weighted by molar-refractivity contribution is 7.89. The summed E-state index contributed by atoms with van der Waals surface area (Å²) in [6.45, 7) is 4.49. The fourth-order valence-electron chi connectivity index (χ4n) is 7.82. The summed E-state index contributed by atoms with van der Waals surface area (Å²) in [4.78, 5) is 28.9. The van der Waals surface area contributed by atoms with Gasteiger partial charge in [-0.05, 0) is 89.1 Å². The van der Waals surface area contributed by atoms with E-state index in [4.69, 9.17) is 27.3 Å². The summed E-state index contributed by atoms with van der Waals surface area (Å²) in [6.07, 6.45) is 7.67. The van der Waals surface area contributed by atoms with Crippen LogP contribution >= 0.6 is 11.6 Å². The molecule has 2 aromatic heterocycles. The van der Waals surface area contributed by atoms with Gasteiger partial charge >= 0.3 is 0 Å². The average molecular weight is 749 g/mol. The molecule has 3 aliphatic rings. The third-order valence-corrected chi connectivity index (χ3v) is 12.8. The van der Waals surface area contributed by atoms with Crippen molar-refractivity contribution in [1.29, 1.82) is 5.26 Å². The van der Waals surface area contributed by atoms with Crippen LogP contribution in [0.25, 0.3) is 11.2 Å². The predicted octanol–water partition coefficient (Wildman–Crippen LogP) is 5.49. The number of nitrogens with two attached hydrogens (primary N) is 1. The highest BCUT2D eigenvalue weighted by Gasteiger charge is 2.35. The first-order chi connectivity index (χ1) is 25.0. The van der Waals surface area contributed by atoms with Crippen LogP contribution in [-0.4, -0.2) is 81.3 Å². The maximum Gasteiger partial charge on any atom is 0.243 e. The molecule has 0 spiro atoms. The minimum atomic E-state index is -3.59. The Morgan fingerprint density at radius 3 is 2.48 bits per heavy atom. The zero-order valence-corrected chi connectivity index (χ0v) is 30.5. The molecular weight excluding hydrogens is 707 g/mol. The van der Waals surface area contributed by atoms with Crippen LogP contribution in [-0.2, 0) is 14.8 Å². The second-order valence-corrected chi connectivity index (χ2v) is 16.5. The van der Waals surface area contributed by atoms with E-state index >= 15 is 4.39 Å². The van der Waals surface area contributed by atoms with Gasteiger partial charge in [-0.1, -0.05) is 29.3 Å². The number of halogens is 2. The first-order valence-electron chi connectivity index (χ1n) is 17.8. The highest BCUT2D eigenvalue weighted by Crippen LogP contribution is 2.38. The van der Waals surface area contributed by atoms with Crippen molar-refractivity contribution in [3.05, 3.63) is 64.6 Å². The van der Waals surface area contributed by atoms with Crippen molar-refractivity contribution in [3.8, 4) is 6.07 Å². The van der Waals surface area contributed by atoms with Gasteiger partial charge in [0.05, 0.1) is 33.4 Å². The number of aryl methyl sites for hydroxylation is 1. The van der Waals surface area contributed by atoms with E-state index in [-0.39, 0.29) is 46.2 Å². The lowest BCUT2D eigenvalue weighted by Gasteiger charge is -2.42. The van der Waals surface area contributed by atoms with Crippen LogP contribution < -0.4 is 16.4 Å². The normalized spacial score (nSPS) is 23.3. The van der Waals surface area contributed by atoms with Crippen LogP contribution in [0.4, 0.5) is 22.0 Å². The van der Waals surface area contributed by atoms with Crippen molar-refractivity contribution in [2.24, 2.45) is 11.7 Å². The minimum Gasteiger partial charge on any atom is -0.369 e. The summed E-state index contributed by atoms with van der Waals surface area (Å²) in [6, 6.07) is 11.5. The van der Waals surface area contributed by atoms with Gasteiger partial charge in [-0.3, -0.25) is 14.3 Å². The molecule has 4 N–H and O–H groups in total. The number of sulfonamides is 1. The van der Waals surface area contributed by atoms with Gasteiger partial charge < -0.3 is 16.4 Å². The molecule has 52 heavy (non-hydrogen) atoms. The number of benzene rings is 2. The Bertz CT molecular complexity index is 2090. The summed E-state index contributed by atoms with van der Waals surface area (Å²) in [5, 5.41) is 15.9. The van der Waals surface area contributed by atoms with Crippen molar-refractivity contribution >= 4 is 56.3 Å². The lowest BCUT2D eigenvalue weighted by molar-refractivity contribution is -0.122. The molecule has 274 valence electrons. The number of aromatic nitrogens is 4. The molecule has 16 heteroatoms. The molecule has 0 unspecified atom stereocenters. The van der Waals surface area contributed by atoms with Crippen LogP contribution in [0.3, 0.4) is 0 Å². The van der Waals surface area contributed by atoms with E-state index in [9.17, 15) is 18.5 Å². The van der Waals surface area contributed by atoms with Gasteiger partial charge in [0.15, 0.2) is 5.65 Å². The van der Waals surface area contributed by atoms with Gasteiger partial charge in [-0.2, -0.15) is 14.6 Å². The molecule has 4 aromatic rings. The zero-order valence-electron chi connectivity index (χ0n) is 28.9. The molecule has 1 aliphatic carbocycles. The number of primary amides is 1. The molecule has 2 aliphatic heterocycles. The highest BCUT2D eigenvalue weighted by atomic mass is 35.5. The summed E-state index contributed by atoms with van der Waals surface area (Å²) in [7, 11) is -3.59. The quantitative estimate of drug-likeness (QED) is 0.199. The van der Waals surface area contributed by atoms with Crippen LogP contribution in [0.1, 0.15) is 68.5 Å². The number of rotatable bonds is 9. The molecule has 2 aromatic carbocycles. The number of piperidine rings is 2. The molecular formula is C36H42ClFN10O3S. The predicted molar refractivity (Wildman–Crippen MR) is 196 cm³/mol. The number of amides is 1. The van der Waals surface area contributed by atoms with Crippen molar-refractivity contribution in [2.75, 3.05) is 36.8 Å².